The van der Waals surface area contributed by atoms with Crippen LogP contribution in [0.15, 0.2) is 0 Å². The van der Waals surface area contributed by atoms with E-state index in [1.54, 1.807) is 28.2 Å². The lowest BCUT2D eigenvalue weighted by Crippen LogP contribution is -2.20. The van der Waals surface area contributed by atoms with Crippen LogP contribution in [0.3, 0.4) is 0 Å². The summed E-state index contributed by atoms with van der Waals surface area (Å²) in [4.78, 5) is 25.7. The molecular weight excluding hydrogens is 568 g/mol. The first-order valence-electron chi connectivity index (χ1n) is 15.8. The number of halogens is 1. The number of aromatic nitrogens is 6. The van der Waals surface area contributed by atoms with Gasteiger partial charge < -0.3 is 42.5 Å². The highest BCUT2D eigenvalue weighted by Crippen LogP contribution is 2.11. The van der Waals surface area contributed by atoms with E-state index in [0.717, 1.165) is 52.1 Å². The molecular formula is C28H57ClN14. The molecule has 2 aromatic rings. The molecule has 0 unspecified atom stereocenters. The minimum atomic E-state index is 0. The topological polar surface area (TPSA) is 174 Å². The summed E-state index contributed by atoms with van der Waals surface area (Å²) in [7, 11) is 7.20. The van der Waals surface area contributed by atoms with Crippen LogP contribution in [-0.2, 0) is 0 Å². The molecule has 2 heterocycles. The Labute approximate surface area is 264 Å². The Kier molecular flexibility index (Phi) is 22.6. The molecule has 2 aromatic heterocycles. The predicted octanol–water partition coefficient (Wildman–Crippen LogP) is 4.03. The molecule has 0 saturated heterocycles. The van der Waals surface area contributed by atoms with Crippen molar-refractivity contribution in [1.29, 1.82) is 0 Å². The lowest BCUT2D eigenvalue weighted by Gasteiger charge is -2.09. The second-order valence-electron chi connectivity index (χ2n) is 10.2. The lowest BCUT2D eigenvalue weighted by atomic mass is 10.1. The van der Waals surface area contributed by atoms with E-state index >= 15 is 0 Å². The van der Waals surface area contributed by atoms with Crippen LogP contribution in [0, 0.1) is 0 Å². The Morgan fingerprint density at radius 2 is 0.581 bits per heavy atom. The maximum Gasteiger partial charge on any atom is 0.229 e. The van der Waals surface area contributed by atoms with Gasteiger partial charge in [0.2, 0.25) is 35.7 Å². The summed E-state index contributed by atoms with van der Waals surface area (Å²) in [6.07, 6.45) is 15.4. The maximum atomic E-state index is 4.32. The summed E-state index contributed by atoms with van der Waals surface area (Å²) in [6, 6.07) is 0. The fourth-order valence-electron chi connectivity index (χ4n) is 4.35. The van der Waals surface area contributed by atoms with Crippen LogP contribution in [-0.4, -0.2) is 97.4 Å². The van der Waals surface area contributed by atoms with Gasteiger partial charge in [-0.2, -0.15) is 29.9 Å². The average Bonchev–Trinajstić information content (AvgIpc) is 3.02. The molecule has 246 valence electrons. The van der Waals surface area contributed by atoms with E-state index in [9.17, 15) is 0 Å². The number of hydrogen-bond acceptors (Lipinski definition) is 14. The third-order valence-corrected chi connectivity index (χ3v) is 6.75. The molecule has 2 rings (SSSR count). The van der Waals surface area contributed by atoms with Crippen LogP contribution in [0.2, 0.25) is 0 Å². The van der Waals surface area contributed by atoms with Gasteiger partial charge in [-0.1, -0.05) is 51.4 Å². The summed E-state index contributed by atoms with van der Waals surface area (Å²) in [5.74, 6) is 3.42. The van der Waals surface area contributed by atoms with E-state index in [0.29, 0.717) is 35.7 Å². The van der Waals surface area contributed by atoms with E-state index < -0.39 is 0 Å². The van der Waals surface area contributed by atoms with Crippen molar-refractivity contribution in [2.24, 2.45) is 0 Å². The zero-order valence-electron chi connectivity index (χ0n) is 26.8. The molecule has 14 nitrogen and oxygen atoms in total. The molecule has 43 heavy (non-hydrogen) atoms. The second kappa shape index (κ2) is 25.5. The van der Waals surface area contributed by atoms with Crippen LogP contribution in [0.1, 0.15) is 77.0 Å². The third-order valence-electron chi connectivity index (χ3n) is 6.75. The zero-order valence-corrected chi connectivity index (χ0v) is 27.6. The van der Waals surface area contributed by atoms with E-state index in [1.165, 1.54) is 64.2 Å². The molecule has 0 aromatic carbocycles. The third kappa shape index (κ3) is 18.3. The molecule has 0 bridgehead atoms. The minimum Gasteiger partial charge on any atom is -0.357 e. The van der Waals surface area contributed by atoms with Crippen LogP contribution in [0.4, 0.5) is 35.7 Å². The quantitative estimate of drug-likeness (QED) is 0.0669. The van der Waals surface area contributed by atoms with E-state index in [1.807, 2.05) is 0 Å². The van der Waals surface area contributed by atoms with Crippen molar-refractivity contribution in [3.8, 4) is 0 Å². The monoisotopic (exact) mass is 624 g/mol. The molecule has 15 heteroatoms. The number of rotatable bonds is 27. The Morgan fingerprint density at radius 3 is 0.884 bits per heavy atom. The smallest absolute Gasteiger partial charge is 0.229 e. The molecule has 0 fully saturated rings. The summed E-state index contributed by atoms with van der Waals surface area (Å²) in [5, 5.41) is 25.4. The van der Waals surface area contributed by atoms with Gasteiger partial charge in [0.05, 0.1) is 0 Å². The van der Waals surface area contributed by atoms with Gasteiger partial charge in [0, 0.05) is 41.3 Å². The van der Waals surface area contributed by atoms with Crippen molar-refractivity contribution in [1.82, 2.24) is 40.5 Å². The first kappa shape index (κ1) is 38.1. The van der Waals surface area contributed by atoms with Crippen molar-refractivity contribution in [2.45, 2.75) is 77.0 Å². The number of unbranched alkanes of at least 4 members (excludes halogenated alkanes) is 9. The molecule has 0 amide bonds. The highest BCUT2D eigenvalue weighted by molar-refractivity contribution is 5.85. The van der Waals surface area contributed by atoms with Crippen molar-refractivity contribution in [3.63, 3.8) is 0 Å². The molecule has 0 radical (unpaired) electrons. The molecule has 8 N–H and O–H groups in total. The summed E-state index contributed by atoms with van der Waals surface area (Å²) >= 11 is 0. The van der Waals surface area contributed by atoms with Crippen LogP contribution in [0.5, 0.6) is 0 Å². The van der Waals surface area contributed by atoms with Gasteiger partial charge in [-0.05, 0) is 51.9 Å². The molecule has 0 aliphatic heterocycles. The van der Waals surface area contributed by atoms with Gasteiger partial charge in [-0.3, -0.25) is 0 Å². The molecule has 0 aliphatic carbocycles. The predicted molar refractivity (Wildman–Crippen MR) is 183 cm³/mol. The van der Waals surface area contributed by atoms with E-state index in [-0.39, 0.29) is 12.4 Å². The first-order valence-corrected chi connectivity index (χ1v) is 15.8. The Bertz CT molecular complexity index is 832. The van der Waals surface area contributed by atoms with Crippen LogP contribution >= 0.6 is 12.4 Å². The van der Waals surface area contributed by atoms with E-state index in [2.05, 4.69) is 72.4 Å². The number of nitrogens with one attached hydrogen (secondary N) is 8. The SMILES string of the molecule is CNc1nc(NC)nc(NCCCNCCCCCCCCCCCCNCCCNc2nc(NC)nc(NC)n2)n1.Cl. The second-order valence-corrected chi connectivity index (χ2v) is 10.2. The van der Waals surface area contributed by atoms with E-state index in [4.69, 9.17) is 0 Å². The standard InChI is InChI=1S/C28H56N14.ClH/c1-29-23-37-24(30-2)40-27(39-23)35-21-15-19-33-17-13-11-9-7-5-6-8-10-12-14-18-34-20-16-22-36-28-41-25(31-3)38-26(32-4)42-28;/h33-34H,5-22H2,1-4H3,(H3,29,30,35,37,39,40)(H3,31,32,36,38,41,42);1H. The number of nitrogens with zero attached hydrogens (tertiary/aromatic N) is 6. The van der Waals surface area contributed by atoms with Crippen molar-refractivity contribution in [3.05, 3.63) is 0 Å². The molecule has 0 atom stereocenters. The lowest BCUT2D eigenvalue weighted by molar-refractivity contribution is 0.532. The minimum absolute atomic E-state index is 0. The van der Waals surface area contributed by atoms with Gasteiger partial charge in [0.25, 0.3) is 0 Å². The average molecular weight is 625 g/mol. The Balaban J connectivity index is 0.00000924. The highest BCUT2D eigenvalue weighted by atomic mass is 35.5. The zero-order chi connectivity index (χ0) is 30.1. The van der Waals surface area contributed by atoms with Gasteiger partial charge in [-0.15, -0.1) is 12.4 Å². The molecule has 0 saturated carbocycles. The maximum absolute atomic E-state index is 4.32. The Morgan fingerprint density at radius 1 is 0.326 bits per heavy atom. The fraction of sp³-hybridized carbons (Fsp3) is 0.786. The van der Waals surface area contributed by atoms with Crippen LogP contribution in [0.25, 0.3) is 0 Å². The first-order chi connectivity index (χ1) is 20.7. The molecule has 0 aliphatic rings. The number of anilines is 6. The van der Waals surface area contributed by atoms with Crippen molar-refractivity contribution < 1.29 is 0 Å². The van der Waals surface area contributed by atoms with Gasteiger partial charge in [0.15, 0.2) is 0 Å². The summed E-state index contributed by atoms with van der Waals surface area (Å²) in [5.41, 5.74) is 0. The van der Waals surface area contributed by atoms with Gasteiger partial charge >= 0.3 is 0 Å². The number of hydrogen-bond donors (Lipinski definition) is 8. The Hall–Kier alpha value is -2.97. The van der Waals surface area contributed by atoms with Crippen molar-refractivity contribution in [2.75, 3.05) is 99.4 Å². The van der Waals surface area contributed by atoms with Crippen molar-refractivity contribution >= 4 is 48.1 Å². The van der Waals surface area contributed by atoms with Gasteiger partial charge in [-0.25, -0.2) is 0 Å². The molecule has 0 spiro atoms. The summed E-state index contributed by atoms with van der Waals surface area (Å²) in [6.45, 7) is 5.85. The highest BCUT2D eigenvalue weighted by Gasteiger charge is 2.04. The summed E-state index contributed by atoms with van der Waals surface area (Å²) < 4.78 is 0. The fourth-order valence-corrected chi connectivity index (χ4v) is 4.35. The largest absolute Gasteiger partial charge is 0.357 e. The normalized spacial score (nSPS) is 10.6. The van der Waals surface area contributed by atoms with Gasteiger partial charge in [0.1, 0.15) is 0 Å². The van der Waals surface area contributed by atoms with Crippen LogP contribution < -0.4 is 42.5 Å².